The van der Waals surface area contributed by atoms with E-state index in [2.05, 4.69) is 5.32 Å². The van der Waals surface area contributed by atoms with Gasteiger partial charge in [0.05, 0.1) is 18.2 Å². The minimum Gasteiger partial charge on any atom is -0.394 e. The summed E-state index contributed by atoms with van der Waals surface area (Å²) in [5.41, 5.74) is 0.345. The van der Waals surface area contributed by atoms with Crippen molar-refractivity contribution in [3.05, 3.63) is 30.1 Å². The van der Waals surface area contributed by atoms with Crippen molar-refractivity contribution in [2.75, 3.05) is 19.0 Å². The fourth-order valence-electron chi connectivity index (χ4n) is 2.12. The number of aliphatic hydroxyl groups excluding tert-OH is 1. The third-order valence-electron chi connectivity index (χ3n) is 3.11. The van der Waals surface area contributed by atoms with E-state index in [9.17, 15) is 9.50 Å². The number of nitrogens with one attached hydrogen (secondary N) is 1. The van der Waals surface area contributed by atoms with Crippen LogP contribution in [0.4, 0.5) is 10.1 Å². The minimum atomic E-state index is -0.353. The van der Waals surface area contributed by atoms with Gasteiger partial charge in [-0.15, -0.1) is 0 Å². The molecule has 1 aliphatic carbocycles. The van der Waals surface area contributed by atoms with Crippen molar-refractivity contribution in [2.24, 2.45) is 0 Å². The molecule has 0 atom stereocenters. The third kappa shape index (κ3) is 2.18. The number of halogens is 1. The molecule has 0 unspecified atom stereocenters. The van der Waals surface area contributed by atoms with Crippen LogP contribution in [0.2, 0.25) is 0 Å². The second kappa shape index (κ2) is 4.39. The Balaban J connectivity index is 2.03. The van der Waals surface area contributed by atoms with E-state index < -0.39 is 0 Å². The fourth-order valence-corrected chi connectivity index (χ4v) is 2.12. The maximum Gasteiger partial charge on any atom is 0.125 e. The fraction of sp³-hybridized carbons (Fsp3) is 0.500. The van der Waals surface area contributed by atoms with Crippen molar-refractivity contribution in [1.82, 2.24) is 0 Å². The molecule has 0 amide bonds. The van der Waals surface area contributed by atoms with Crippen molar-refractivity contribution in [2.45, 2.75) is 24.5 Å². The van der Waals surface area contributed by atoms with Gasteiger partial charge in [0.25, 0.3) is 0 Å². The average molecular weight is 225 g/mol. The summed E-state index contributed by atoms with van der Waals surface area (Å²) in [5, 5.41) is 12.5. The van der Waals surface area contributed by atoms with Crippen molar-refractivity contribution in [1.29, 1.82) is 0 Å². The van der Waals surface area contributed by atoms with Crippen LogP contribution in [0.25, 0.3) is 0 Å². The molecule has 0 saturated heterocycles. The van der Waals surface area contributed by atoms with Crippen LogP contribution in [0.15, 0.2) is 24.3 Å². The van der Waals surface area contributed by atoms with Crippen molar-refractivity contribution < 1.29 is 14.2 Å². The van der Waals surface area contributed by atoms with E-state index in [-0.39, 0.29) is 24.1 Å². The normalized spacial score (nSPS) is 28.6. The van der Waals surface area contributed by atoms with Gasteiger partial charge in [0, 0.05) is 12.8 Å². The standard InChI is InChI=1S/C12H16FNO2/c1-16-11-6-12(7-11,8-15)14-10-4-2-3-9(13)5-10/h2-5,11,14-15H,6-8H2,1H3. The zero-order valence-electron chi connectivity index (χ0n) is 9.24. The van der Waals surface area contributed by atoms with Gasteiger partial charge in [-0.05, 0) is 31.0 Å². The maximum atomic E-state index is 13.0. The molecule has 88 valence electrons. The van der Waals surface area contributed by atoms with Gasteiger partial charge in [-0.2, -0.15) is 0 Å². The molecular formula is C12H16FNO2. The Labute approximate surface area is 94.2 Å². The van der Waals surface area contributed by atoms with Gasteiger partial charge in [0.1, 0.15) is 5.82 Å². The second-order valence-electron chi connectivity index (χ2n) is 4.34. The summed E-state index contributed by atoms with van der Waals surface area (Å²) in [7, 11) is 1.66. The smallest absolute Gasteiger partial charge is 0.125 e. The number of methoxy groups -OCH3 is 1. The highest BCUT2D eigenvalue weighted by atomic mass is 19.1. The zero-order valence-corrected chi connectivity index (χ0v) is 9.24. The van der Waals surface area contributed by atoms with Gasteiger partial charge in [0.2, 0.25) is 0 Å². The Morgan fingerprint density at radius 2 is 2.31 bits per heavy atom. The number of anilines is 1. The summed E-state index contributed by atoms with van der Waals surface area (Å²) in [6.45, 7) is 0.0311. The van der Waals surface area contributed by atoms with E-state index >= 15 is 0 Å². The summed E-state index contributed by atoms with van der Waals surface area (Å²) in [5.74, 6) is -0.277. The summed E-state index contributed by atoms with van der Waals surface area (Å²) in [4.78, 5) is 0. The zero-order chi connectivity index (χ0) is 11.6. The lowest BCUT2D eigenvalue weighted by Crippen LogP contribution is -2.56. The Morgan fingerprint density at radius 1 is 1.56 bits per heavy atom. The van der Waals surface area contributed by atoms with E-state index in [0.29, 0.717) is 5.69 Å². The molecule has 2 rings (SSSR count). The van der Waals surface area contributed by atoms with Crippen LogP contribution in [-0.4, -0.2) is 30.5 Å². The molecule has 2 N–H and O–H groups in total. The van der Waals surface area contributed by atoms with Crippen molar-refractivity contribution in [3.8, 4) is 0 Å². The first-order valence-corrected chi connectivity index (χ1v) is 5.35. The summed E-state index contributed by atoms with van der Waals surface area (Å²) < 4.78 is 18.2. The lowest BCUT2D eigenvalue weighted by Gasteiger charge is -2.46. The molecule has 0 aromatic heterocycles. The number of ether oxygens (including phenoxy) is 1. The highest BCUT2D eigenvalue weighted by Crippen LogP contribution is 2.37. The minimum absolute atomic E-state index is 0.0311. The predicted molar refractivity (Wildman–Crippen MR) is 59.9 cm³/mol. The van der Waals surface area contributed by atoms with Gasteiger partial charge in [-0.25, -0.2) is 4.39 Å². The van der Waals surface area contributed by atoms with Crippen LogP contribution < -0.4 is 5.32 Å². The number of hydrogen-bond donors (Lipinski definition) is 2. The van der Waals surface area contributed by atoms with Gasteiger partial charge < -0.3 is 15.2 Å². The Morgan fingerprint density at radius 3 is 2.88 bits per heavy atom. The van der Waals surface area contributed by atoms with Gasteiger partial charge in [-0.1, -0.05) is 6.07 Å². The largest absolute Gasteiger partial charge is 0.394 e. The van der Waals surface area contributed by atoms with E-state index in [1.807, 2.05) is 0 Å². The number of rotatable bonds is 4. The number of benzene rings is 1. The van der Waals surface area contributed by atoms with Crippen LogP contribution in [0, 0.1) is 5.82 Å². The molecule has 0 radical (unpaired) electrons. The first-order chi connectivity index (χ1) is 7.67. The van der Waals surface area contributed by atoms with Gasteiger partial charge in [-0.3, -0.25) is 0 Å². The molecule has 16 heavy (non-hydrogen) atoms. The Kier molecular flexibility index (Phi) is 3.12. The highest BCUT2D eigenvalue weighted by Gasteiger charge is 2.44. The molecule has 0 bridgehead atoms. The molecule has 0 aliphatic heterocycles. The Bertz CT molecular complexity index is 364. The molecule has 0 spiro atoms. The molecular weight excluding hydrogens is 209 g/mol. The topological polar surface area (TPSA) is 41.5 Å². The molecule has 1 aromatic carbocycles. The van der Waals surface area contributed by atoms with E-state index in [1.54, 1.807) is 19.2 Å². The predicted octanol–water partition coefficient (Wildman–Crippen LogP) is 1.78. The SMILES string of the molecule is COC1CC(CO)(Nc2cccc(F)c2)C1. The van der Waals surface area contributed by atoms with Crippen LogP contribution >= 0.6 is 0 Å². The number of hydrogen-bond acceptors (Lipinski definition) is 3. The number of aliphatic hydroxyl groups is 1. The first kappa shape index (κ1) is 11.4. The van der Waals surface area contributed by atoms with Crippen LogP contribution in [0.1, 0.15) is 12.8 Å². The van der Waals surface area contributed by atoms with E-state index in [1.165, 1.54) is 12.1 Å². The molecule has 1 aliphatic rings. The van der Waals surface area contributed by atoms with E-state index in [4.69, 9.17) is 4.74 Å². The molecule has 4 heteroatoms. The van der Waals surface area contributed by atoms with Crippen LogP contribution in [0.5, 0.6) is 0 Å². The Hall–Kier alpha value is -1.13. The van der Waals surface area contributed by atoms with Crippen LogP contribution in [-0.2, 0) is 4.74 Å². The van der Waals surface area contributed by atoms with E-state index in [0.717, 1.165) is 12.8 Å². The van der Waals surface area contributed by atoms with Gasteiger partial charge >= 0.3 is 0 Å². The lowest BCUT2D eigenvalue weighted by atomic mass is 9.74. The second-order valence-corrected chi connectivity index (χ2v) is 4.34. The molecule has 3 nitrogen and oxygen atoms in total. The third-order valence-corrected chi connectivity index (χ3v) is 3.11. The molecule has 1 aromatic rings. The molecule has 1 fully saturated rings. The summed E-state index contributed by atoms with van der Waals surface area (Å²) in [6.07, 6.45) is 1.68. The average Bonchev–Trinajstić information content (AvgIpc) is 2.23. The lowest BCUT2D eigenvalue weighted by molar-refractivity contribution is -0.0256. The monoisotopic (exact) mass is 225 g/mol. The maximum absolute atomic E-state index is 13.0. The highest BCUT2D eigenvalue weighted by molar-refractivity contribution is 5.46. The first-order valence-electron chi connectivity index (χ1n) is 5.35. The summed E-state index contributed by atoms with van der Waals surface area (Å²) >= 11 is 0. The van der Waals surface area contributed by atoms with Crippen molar-refractivity contribution in [3.63, 3.8) is 0 Å². The molecule has 1 saturated carbocycles. The van der Waals surface area contributed by atoms with Crippen LogP contribution in [0.3, 0.4) is 0 Å². The van der Waals surface area contributed by atoms with Crippen molar-refractivity contribution >= 4 is 5.69 Å². The van der Waals surface area contributed by atoms with Gasteiger partial charge in [0.15, 0.2) is 0 Å². The quantitative estimate of drug-likeness (QED) is 0.820. The molecule has 0 heterocycles. The summed E-state index contributed by atoms with van der Waals surface area (Å²) in [6, 6.07) is 6.27.